The summed E-state index contributed by atoms with van der Waals surface area (Å²) in [6, 6.07) is 14.2. The molecule has 3 aromatic rings. The van der Waals surface area contributed by atoms with Crippen molar-refractivity contribution < 1.29 is 0 Å². The van der Waals surface area contributed by atoms with Gasteiger partial charge in [0.05, 0.1) is 11.6 Å². The molecule has 2 aromatic carbocycles. The normalized spacial score (nSPS) is 10.8. The highest BCUT2D eigenvalue weighted by molar-refractivity contribution is 14.1. The van der Waals surface area contributed by atoms with E-state index in [9.17, 15) is 0 Å². The lowest BCUT2D eigenvalue weighted by Gasteiger charge is -1.93. The van der Waals surface area contributed by atoms with Gasteiger partial charge in [0, 0.05) is 25.4 Å². The standard InChI is InChI=1S/C13H7IN2/c14-9-2-4-13-11(6-9)10-5-8(7-15)1-3-12(10)16-13/h1-6,16H. The average Bonchev–Trinajstić information content (AvgIpc) is 2.66. The van der Waals surface area contributed by atoms with Crippen LogP contribution in [0.4, 0.5) is 0 Å². The average molecular weight is 318 g/mol. The first kappa shape index (κ1) is 9.67. The van der Waals surface area contributed by atoms with Crippen LogP contribution in [-0.2, 0) is 0 Å². The Morgan fingerprint density at radius 3 is 2.44 bits per heavy atom. The van der Waals surface area contributed by atoms with Crippen molar-refractivity contribution >= 4 is 44.4 Å². The highest BCUT2D eigenvalue weighted by atomic mass is 127. The lowest BCUT2D eigenvalue weighted by molar-refractivity contribution is 1.49. The van der Waals surface area contributed by atoms with Crippen LogP contribution in [-0.4, -0.2) is 4.98 Å². The Hall–Kier alpha value is -1.54. The largest absolute Gasteiger partial charge is 0.355 e. The van der Waals surface area contributed by atoms with Crippen molar-refractivity contribution in [3.05, 3.63) is 45.5 Å². The molecule has 0 aliphatic rings. The molecule has 0 radical (unpaired) electrons. The van der Waals surface area contributed by atoms with Gasteiger partial charge in [-0.2, -0.15) is 5.26 Å². The van der Waals surface area contributed by atoms with Crippen molar-refractivity contribution in [2.45, 2.75) is 0 Å². The smallest absolute Gasteiger partial charge is 0.0991 e. The Balaban J connectivity index is 2.50. The Labute approximate surface area is 106 Å². The van der Waals surface area contributed by atoms with Crippen LogP contribution in [0.25, 0.3) is 21.8 Å². The van der Waals surface area contributed by atoms with Crippen LogP contribution < -0.4 is 0 Å². The second kappa shape index (κ2) is 3.49. The molecule has 16 heavy (non-hydrogen) atoms. The van der Waals surface area contributed by atoms with Gasteiger partial charge in [-0.25, -0.2) is 0 Å². The molecule has 1 N–H and O–H groups in total. The van der Waals surface area contributed by atoms with Crippen molar-refractivity contribution in [1.29, 1.82) is 5.26 Å². The maximum Gasteiger partial charge on any atom is 0.0991 e. The Morgan fingerprint density at radius 2 is 1.69 bits per heavy atom. The first-order valence-corrected chi connectivity index (χ1v) is 5.97. The lowest BCUT2D eigenvalue weighted by atomic mass is 10.1. The Morgan fingerprint density at radius 1 is 1.00 bits per heavy atom. The van der Waals surface area contributed by atoms with E-state index >= 15 is 0 Å². The fraction of sp³-hybridized carbons (Fsp3) is 0. The number of nitrogens with one attached hydrogen (secondary N) is 1. The van der Waals surface area contributed by atoms with Gasteiger partial charge in [0.1, 0.15) is 0 Å². The van der Waals surface area contributed by atoms with Gasteiger partial charge in [-0.15, -0.1) is 0 Å². The van der Waals surface area contributed by atoms with E-state index in [4.69, 9.17) is 5.26 Å². The third-order valence-corrected chi connectivity index (χ3v) is 3.36. The third-order valence-electron chi connectivity index (χ3n) is 2.69. The summed E-state index contributed by atoms with van der Waals surface area (Å²) in [4.78, 5) is 3.34. The van der Waals surface area contributed by atoms with E-state index in [0.29, 0.717) is 5.56 Å². The summed E-state index contributed by atoms with van der Waals surface area (Å²) in [5, 5.41) is 11.2. The van der Waals surface area contributed by atoms with Gasteiger partial charge >= 0.3 is 0 Å². The van der Waals surface area contributed by atoms with E-state index in [0.717, 1.165) is 16.4 Å². The number of benzene rings is 2. The van der Waals surface area contributed by atoms with Gasteiger partial charge in [-0.3, -0.25) is 0 Å². The summed E-state index contributed by atoms with van der Waals surface area (Å²) in [7, 11) is 0. The van der Waals surface area contributed by atoms with Gasteiger partial charge in [0.25, 0.3) is 0 Å². The number of nitriles is 1. The van der Waals surface area contributed by atoms with Crippen LogP contribution in [0, 0.1) is 14.9 Å². The molecule has 3 rings (SSSR count). The van der Waals surface area contributed by atoms with Crippen LogP contribution in [0.5, 0.6) is 0 Å². The lowest BCUT2D eigenvalue weighted by Crippen LogP contribution is -1.73. The predicted molar refractivity (Wildman–Crippen MR) is 73.2 cm³/mol. The maximum atomic E-state index is 8.90. The topological polar surface area (TPSA) is 39.6 Å². The summed E-state index contributed by atoms with van der Waals surface area (Å²) in [5.74, 6) is 0. The number of nitrogens with zero attached hydrogens (tertiary/aromatic N) is 1. The van der Waals surface area contributed by atoms with Gasteiger partial charge in [0.2, 0.25) is 0 Å². The fourth-order valence-corrected chi connectivity index (χ4v) is 2.43. The summed E-state index contributed by atoms with van der Waals surface area (Å²) in [6.07, 6.45) is 0. The third kappa shape index (κ3) is 1.38. The molecule has 0 atom stereocenters. The van der Waals surface area contributed by atoms with E-state index in [1.807, 2.05) is 18.2 Å². The van der Waals surface area contributed by atoms with Crippen LogP contribution in [0.15, 0.2) is 36.4 Å². The van der Waals surface area contributed by atoms with E-state index in [1.54, 1.807) is 0 Å². The molecule has 0 saturated carbocycles. The number of hydrogen-bond donors (Lipinski definition) is 1. The second-order valence-corrected chi connectivity index (χ2v) is 4.93. The van der Waals surface area contributed by atoms with E-state index in [1.165, 1.54) is 8.96 Å². The first-order chi connectivity index (χ1) is 7.78. The number of aromatic nitrogens is 1. The van der Waals surface area contributed by atoms with Crippen LogP contribution in [0.3, 0.4) is 0 Å². The summed E-state index contributed by atoms with van der Waals surface area (Å²) < 4.78 is 1.20. The van der Waals surface area contributed by atoms with Crippen molar-refractivity contribution in [3.8, 4) is 6.07 Å². The molecule has 0 fully saturated rings. The first-order valence-electron chi connectivity index (χ1n) is 4.89. The molecule has 0 aliphatic heterocycles. The minimum absolute atomic E-state index is 0.701. The van der Waals surface area contributed by atoms with Crippen molar-refractivity contribution in [3.63, 3.8) is 0 Å². The molecule has 0 aliphatic carbocycles. The molecule has 2 nitrogen and oxygen atoms in total. The molecular weight excluding hydrogens is 311 g/mol. The van der Waals surface area contributed by atoms with Gasteiger partial charge < -0.3 is 4.98 Å². The summed E-state index contributed by atoms with van der Waals surface area (Å²) in [5.41, 5.74) is 2.90. The summed E-state index contributed by atoms with van der Waals surface area (Å²) >= 11 is 2.30. The Bertz CT molecular complexity index is 735. The second-order valence-electron chi connectivity index (χ2n) is 3.69. The molecule has 3 heteroatoms. The number of rotatable bonds is 0. The molecular formula is C13H7IN2. The minimum atomic E-state index is 0.701. The number of hydrogen-bond acceptors (Lipinski definition) is 1. The fourth-order valence-electron chi connectivity index (χ4n) is 1.94. The van der Waals surface area contributed by atoms with Crippen LogP contribution >= 0.6 is 22.6 Å². The SMILES string of the molecule is N#Cc1ccc2[nH]c3ccc(I)cc3c2c1. The molecule has 0 amide bonds. The van der Waals surface area contributed by atoms with Gasteiger partial charge in [-0.05, 0) is 59.0 Å². The number of aromatic amines is 1. The van der Waals surface area contributed by atoms with Crippen LogP contribution in [0.2, 0.25) is 0 Å². The zero-order valence-corrected chi connectivity index (χ0v) is 10.4. The number of fused-ring (bicyclic) bond motifs is 3. The molecule has 1 heterocycles. The summed E-state index contributed by atoms with van der Waals surface area (Å²) in [6.45, 7) is 0. The molecule has 0 spiro atoms. The number of halogens is 1. The van der Waals surface area contributed by atoms with Crippen LogP contribution in [0.1, 0.15) is 5.56 Å². The van der Waals surface area contributed by atoms with Gasteiger partial charge in [-0.1, -0.05) is 0 Å². The van der Waals surface area contributed by atoms with Gasteiger partial charge in [0.15, 0.2) is 0 Å². The quantitative estimate of drug-likeness (QED) is 0.629. The Kier molecular flexibility index (Phi) is 2.11. The zero-order chi connectivity index (χ0) is 11.1. The highest BCUT2D eigenvalue weighted by Gasteiger charge is 2.05. The highest BCUT2D eigenvalue weighted by Crippen LogP contribution is 2.27. The molecule has 0 unspecified atom stereocenters. The maximum absolute atomic E-state index is 8.90. The monoisotopic (exact) mass is 318 g/mol. The van der Waals surface area contributed by atoms with Crippen molar-refractivity contribution in [2.24, 2.45) is 0 Å². The minimum Gasteiger partial charge on any atom is -0.355 e. The van der Waals surface area contributed by atoms with Crippen molar-refractivity contribution in [1.82, 2.24) is 4.98 Å². The van der Waals surface area contributed by atoms with E-state index in [-0.39, 0.29) is 0 Å². The number of H-pyrrole nitrogens is 1. The van der Waals surface area contributed by atoms with Crippen molar-refractivity contribution in [2.75, 3.05) is 0 Å². The molecule has 1 aromatic heterocycles. The van der Waals surface area contributed by atoms with E-state index < -0.39 is 0 Å². The van der Waals surface area contributed by atoms with E-state index in [2.05, 4.69) is 51.8 Å². The molecule has 0 bridgehead atoms. The molecule has 76 valence electrons. The predicted octanol–water partition coefficient (Wildman–Crippen LogP) is 3.80. The zero-order valence-electron chi connectivity index (χ0n) is 8.29. The molecule has 0 saturated heterocycles.